The number of fused-ring (bicyclic) bond motifs is 1. The van der Waals surface area contributed by atoms with Crippen molar-refractivity contribution in [2.24, 2.45) is 0 Å². The molecule has 21 heavy (non-hydrogen) atoms. The predicted molar refractivity (Wildman–Crippen MR) is 83.7 cm³/mol. The van der Waals surface area contributed by atoms with E-state index in [1.165, 1.54) is 24.9 Å². The highest BCUT2D eigenvalue weighted by molar-refractivity contribution is 5.68. The van der Waals surface area contributed by atoms with Crippen molar-refractivity contribution in [2.45, 2.75) is 38.6 Å². The van der Waals surface area contributed by atoms with Crippen molar-refractivity contribution in [3.8, 4) is 0 Å². The normalized spacial score (nSPS) is 20.2. The summed E-state index contributed by atoms with van der Waals surface area (Å²) in [5, 5.41) is 12.8. The Kier molecular flexibility index (Phi) is 4.05. The molecular weight excluding hydrogens is 264 g/mol. The van der Waals surface area contributed by atoms with Crippen molar-refractivity contribution in [1.29, 1.82) is 0 Å². The monoisotopic (exact) mass is 288 g/mol. The first kappa shape index (κ1) is 14.3. The van der Waals surface area contributed by atoms with Crippen LogP contribution >= 0.6 is 0 Å². The van der Waals surface area contributed by atoms with E-state index < -0.39 is 0 Å². The van der Waals surface area contributed by atoms with Crippen LogP contribution in [0, 0.1) is 0 Å². The van der Waals surface area contributed by atoms with Gasteiger partial charge in [0.1, 0.15) is 6.33 Å². The maximum Gasteiger partial charge on any atom is 0.200 e. The molecular formula is C15H24N6. The molecule has 0 aromatic carbocycles. The number of hydrogen-bond acceptors (Lipinski definition) is 5. The summed E-state index contributed by atoms with van der Waals surface area (Å²) in [6, 6.07) is 2.77. The lowest BCUT2D eigenvalue weighted by Gasteiger charge is -2.30. The van der Waals surface area contributed by atoms with Gasteiger partial charge in [0, 0.05) is 19.1 Å². The van der Waals surface area contributed by atoms with E-state index in [0.29, 0.717) is 6.04 Å². The van der Waals surface area contributed by atoms with Crippen LogP contribution in [0.15, 0.2) is 12.4 Å². The van der Waals surface area contributed by atoms with Crippen LogP contribution in [0.2, 0.25) is 0 Å². The minimum absolute atomic E-state index is 0.591. The van der Waals surface area contributed by atoms with Crippen molar-refractivity contribution in [1.82, 2.24) is 24.7 Å². The quantitative estimate of drug-likeness (QED) is 0.859. The van der Waals surface area contributed by atoms with E-state index in [1.54, 1.807) is 6.33 Å². The molecule has 3 rings (SSSR count). The first-order valence-electron chi connectivity index (χ1n) is 7.80. The van der Waals surface area contributed by atoms with Gasteiger partial charge in [0.25, 0.3) is 0 Å². The van der Waals surface area contributed by atoms with E-state index in [9.17, 15) is 0 Å². The summed E-state index contributed by atoms with van der Waals surface area (Å²) >= 11 is 0. The summed E-state index contributed by atoms with van der Waals surface area (Å²) < 4.78 is 1.81. The molecule has 1 fully saturated rings. The number of hydrogen-bond donors (Lipinski definition) is 0. The highest BCUT2D eigenvalue weighted by Gasteiger charge is 2.22. The van der Waals surface area contributed by atoms with Crippen molar-refractivity contribution in [3.63, 3.8) is 0 Å². The molecule has 0 saturated carbocycles. The zero-order valence-corrected chi connectivity index (χ0v) is 13.2. The van der Waals surface area contributed by atoms with Gasteiger partial charge in [-0.25, -0.2) is 0 Å². The standard InChI is InChI=1S/C15H24N6/c1-4-12-9-14(15-17-16-11-21(15)18-12)20-8-6-5-7-13(10-20)19(2)3/h9,11,13H,4-8,10H2,1-3H3. The number of anilines is 1. The van der Waals surface area contributed by atoms with Gasteiger partial charge < -0.3 is 9.80 Å². The van der Waals surface area contributed by atoms with E-state index in [2.05, 4.69) is 52.2 Å². The zero-order chi connectivity index (χ0) is 14.8. The Morgan fingerprint density at radius 1 is 1.33 bits per heavy atom. The molecule has 1 unspecified atom stereocenters. The lowest BCUT2D eigenvalue weighted by Crippen LogP contribution is -2.39. The first-order valence-corrected chi connectivity index (χ1v) is 7.80. The molecule has 1 atom stereocenters. The van der Waals surface area contributed by atoms with Crippen LogP contribution in [0.4, 0.5) is 5.69 Å². The lowest BCUT2D eigenvalue weighted by molar-refractivity contribution is 0.285. The van der Waals surface area contributed by atoms with Crippen LogP contribution in [-0.2, 0) is 6.42 Å². The van der Waals surface area contributed by atoms with Crippen LogP contribution < -0.4 is 4.90 Å². The van der Waals surface area contributed by atoms with E-state index >= 15 is 0 Å². The number of nitrogens with zero attached hydrogens (tertiary/aromatic N) is 6. The first-order chi connectivity index (χ1) is 10.2. The maximum absolute atomic E-state index is 4.54. The molecule has 114 valence electrons. The molecule has 6 heteroatoms. The molecule has 6 nitrogen and oxygen atoms in total. The second-order valence-corrected chi connectivity index (χ2v) is 6.03. The summed E-state index contributed by atoms with van der Waals surface area (Å²) in [7, 11) is 4.34. The number of likely N-dealkylation sites (N-methyl/N-ethyl adjacent to an activating group) is 1. The summed E-state index contributed by atoms with van der Waals surface area (Å²) in [5.74, 6) is 0. The van der Waals surface area contributed by atoms with Gasteiger partial charge in [-0.15, -0.1) is 10.2 Å². The van der Waals surface area contributed by atoms with Gasteiger partial charge in [0.05, 0.1) is 11.4 Å². The SMILES string of the molecule is CCc1cc(N2CCCCC(N(C)C)C2)c2nncn2n1. The third-order valence-electron chi connectivity index (χ3n) is 4.38. The second-order valence-electron chi connectivity index (χ2n) is 6.03. The fourth-order valence-corrected chi connectivity index (χ4v) is 3.03. The Morgan fingerprint density at radius 3 is 2.95 bits per heavy atom. The van der Waals surface area contributed by atoms with E-state index in [1.807, 2.05) is 4.52 Å². The fourth-order valence-electron chi connectivity index (χ4n) is 3.03. The van der Waals surface area contributed by atoms with E-state index in [4.69, 9.17) is 0 Å². The third kappa shape index (κ3) is 2.85. The molecule has 2 aromatic rings. The van der Waals surface area contributed by atoms with E-state index in [0.717, 1.165) is 30.9 Å². The maximum atomic E-state index is 4.54. The van der Waals surface area contributed by atoms with Gasteiger partial charge >= 0.3 is 0 Å². The van der Waals surface area contributed by atoms with Crippen molar-refractivity contribution in [3.05, 3.63) is 18.1 Å². The topological polar surface area (TPSA) is 49.6 Å². The zero-order valence-electron chi connectivity index (χ0n) is 13.2. The summed E-state index contributed by atoms with van der Waals surface area (Å²) in [4.78, 5) is 4.80. The van der Waals surface area contributed by atoms with Gasteiger partial charge in [0.2, 0.25) is 5.65 Å². The largest absolute Gasteiger partial charge is 0.367 e. The molecule has 1 aliphatic heterocycles. The molecule has 0 radical (unpaired) electrons. The minimum Gasteiger partial charge on any atom is -0.367 e. The van der Waals surface area contributed by atoms with Gasteiger partial charge in [-0.1, -0.05) is 13.3 Å². The Bertz CT molecular complexity index is 605. The van der Waals surface area contributed by atoms with E-state index in [-0.39, 0.29) is 0 Å². The molecule has 0 aliphatic carbocycles. The second kappa shape index (κ2) is 5.97. The molecule has 2 aromatic heterocycles. The van der Waals surface area contributed by atoms with Crippen molar-refractivity contribution < 1.29 is 0 Å². The Morgan fingerprint density at radius 2 is 2.19 bits per heavy atom. The van der Waals surface area contributed by atoms with Gasteiger partial charge in [-0.05, 0) is 39.4 Å². The van der Waals surface area contributed by atoms with Crippen LogP contribution in [-0.4, -0.2) is 57.9 Å². The fraction of sp³-hybridized carbons (Fsp3) is 0.667. The summed E-state index contributed by atoms with van der Waals surface area (Å²) in [5.41, 5.74) is 3.13. The minimum atomic E-state index is 0.591. The molecule has 1 saturated heterocycles. The summed E-state index contributed by atoms with van der Waals surface area (Å²) in [6.45, 7) is 4.26. The molecule has 0 N–H and O–H groups in total. The molecule has 0 bridgehead atoms. The van der Waals surface area contributed by atoms with Crippen molar-refractivity contribution >= 4 is 11.3 Å². The van der Waals surface area contributed by atoms with Crippen LogP contribution in [0.3, 0.4) is 0 Å². The molecule has 3 heterocycles. The lowest BCUT2D eigenvalue weighted by atomic mass is 10.1. The van der Waals surface area contributed by atoms with Crippen LogP contribution in [0.25, 0.3) is 5.65 Å². The highest BCUT2D eigenvalue weighted by atomic mass is 15.4. The average Bonchev–Trinajstić information content (AvgIpc) is 2.81. The average molecular weight is 288 g/mol. The van der Waals surface area contributed by atoms with Crippen LogP contribution in [0.1, 0.15) is 31.9 Å². The summed E-state index contributed by atoms with van der Waals surface area (Å²) in [6.07, 6.45) is 6.39. The van der Waals surface area contributed by atoms with Crippen LogP contribution in [0.5, 0.6) is 0 Å². The Balaban J connectivity index is 1.99. The number of aryl methyl sites for hydroxylation is 1. The number of rotatable bonds is 3. The molecule has 0 amide bonds. The van der Waals surface area contributed by atoms with Crippen molar-refractivity contribution in [2.75, 3.05) is 32.1 Å². The smallest absolute Gasteiger partial charge is 0.200 e. The predicted octanol–water partition coefficient (Wildman–Crippen LogP) is 1.61. The molecule has 0 spiro atoms. The Hall–Kier alpha value is -1.69. The van der Waals surface area contributed by atoms with Gasteiger partial charge in [-0.2, -0.15) is 9.61 Å². The Labute approximate surface area is 125 Å². The van der Waals surface area contributed by atoms with Gasteiger partial charge in [0.15, 0.2) is 0 Å². The number of aromatic nitrogens is 4. The highest BCUT2D eigenvalue weighted by Crippen LogP contribution is 2.25. The molecule has 1 aliphatic rings. The van der Waals surface area contributed by atoms with Gasteiger partial charge in [-0.3, -0.25) is 0 Å². The third-order valence-corrected chi connectivity index (χ3v) is 4.38.